The van der Waals surface area contributed by atoms with Crippen LogP contribution in [-0.2, 0) is 11.2 Å². The highest BCUT2D eigenvalue weighted by molar-refractivity contribution is 7.99. The van der Waals surface area contributed by atoms with E-state index in [-0.39, 0.29) is 5.91 Å². The zero-order valence-corrected chi connectivity index (χ0v) is 16.3. The Morgan fingerprint density at radius 3 is 2.42 bits per heavy atom. The Bertz CT molecular complexity index is 682. The first-order valence-electron chi connectivity index (χ1n) is 9.01. The predicted molar refractivity (Wildman–Crippen MR) is 113 cm³/mol. The van der Waals surface area contributed by atoms with E-state index in [2.05, 4.69) is 53.5 Å². The molecule has 138 valence electrons. The van der Waals surface area contributed by atoms with Gasteiger partial charge in [0.2, 0.25) is 5.91 Å². The summed E-state index contributed by atoms with van der Waals surface area (Å²) in [5.74, 6) is 1.28. The van der Waals surface area contributed by atoms with Gasteiger partial charge in [0.15, 0.2) is 0 Å². The van der Waals surface area contributed by atoms with Crippen LogP contribution in [-0.4, -0.2) is 36.7 Å². The Morgan fingerprint density at radius 1 is 1.08 bits per heavy atom. The number of aryl methyl sites for hydroxylation is 1. The molecule has 0 aromatic heterocycles. The average molecular weight is 370 g/mol. The number of benzene rings is 2. The van der Waals surface area contributed by atoms with Gasteiger partial charge >= 0.3 is 0 Å². The number of hydrogen-bond acceptors (Lipinski definition) is 4. The second-order valence-electron chi connectivity index (χ2n) is 5.85. The van der Waals surface area contributed by atoms with Gasteiger partial charge in [0.1, 0.15) is 0 Å². The SMILES string of the molecule is CCN(CC)c1ccc(C=NNC(=O)CSCCc2ccccc2)cc1. The van der Waals surface area contributed by atoms with E-state index in [0.29, 0.717) is 5.75 Å². The number of thioether (sulfide) groups is 1. The average Bonchev–Trinajstić information content (AvgIpc) is 2.68. The van der Waals surface area contributed by atoms with Gasteiger partial charge < -0.3 is 4.90 Å². The molecule has 0 unspecified atom stereocenters. The Hall–Kier alpha value is -2.27. The Balaban J connectivity index is 1.68. The maximum Gasteiger partial charge on any atom is 0.250 e. The third-order valence-electron chi connectivity index (χ3n) is 4.04. The van der Waals surface area contributed by atoms with Crippen LogP contribution in [0, 0.1) is 0 Å². The first-order chi connectivity index (χ1) is 12.7. The largest absolute Gasteiger partial charge is 0.372 e. The van der Waals surface area contributed by atoms with Crippen molar-refractivity contribution in [1.29, 1.82) is 0 Å². The summed E-state index contributed by atoms with van der Waals surface area (Å²) in [4.78, 5) is 14.1. The van der Waals surface area contributed by atoms with Gasteiger partial charge in [-0.25, -0.2) is 5.43 Å². The standard InChI is InChI=1S/C21H27N3OS/c1-3-24(4-2)20-12-10-19(11-13-20)16-22-23-21(25)17-26-15-14-18-8-6-5-7-9-18/h5-13,16H,3-4,14-15,17H2,1-2H3,(H,23,25). The number of nitrogens with one attached hydrogen (secondary N) is 1. The molecular weight excluding hydrogens is 342 g/mol. The van der Waals surface area contributed by atoms with Gasteiger partial charge in [-0.15, -0.1) is 0 Å². The van der Waals surface area contributed by atoms with Crippen LogP contribution in [0.25, 0.3) is 0 Å². The molecule has 0 aliphatic rings. The zero-order valence-electron chi connectivity index (χ0n) is 15.5. The minimum Gasteiger partial charge on any atom is -0.372 e. The van der Waals surface area contributed by atoms with Gasteiger partial charge in [-0.3, -0.25) is 4.79 Å². The van der Waals surface area contributed by atoms with Crippen molar-refractivity contribution < 1.29 is 4.79 Å². The molecule has 1 N–H and O–H groups in total. The number of hydrogen-bond donors (Lipinski definition) is 1. The fourth-order valence-electron chi connectivity index (χ4n) is 2.57. The molecule has 2 aromatic carbocycles. The van der Waals surface area contributed by atoms with Crippen LogP contribution in [0.2, 0.25) is 0 Å². The highest BCUT2D eigenvalue weighted by Crippen LogP contribution is 2.14. The van der Waals surface area contributed by atoms with Crippen LogP contribution in [0.1, 0.15) is 25.0 Å². The molecule has 2 aromatic rings. The van der Waals surface area contributed by atoms with Crippen molar-refractivity contribution in [3.05, 3.63) is 65.7 Å². The molecule has 4 nitrogen and oxygen atoms in total. The molecule has 0 bridgehead atoms. The van der Waals surface area contributed by atoms with Crippen molar-refractivity contribution in [2.45, 2.75) is 20.3 Å². The third-order valence-corrected chi connectivity index (χ3v) is 4.99. The Morgan fingerprint density at radius 2 is 1.77 bits per heavy atom. The molecule has 0 heterocycles. The van der Waals surface area contributed by atoms with Crippen LogP contribution in [0.15, 0.2) is 59.7 Å². The number of anilines is 1. The fraction of sp³-hybridized carbons (Fsp3) is 0.333. The minimum absolute atomic E-state index is 0.0703. The number of rotatable bonds is 10. The maximum atomic E-state index is 11.8. The van der Waals surface area contributed by atoms with E-state index in [1.807, 2.05) is 30.3 Å². The van der Waals surface area contributed by atoms with Gasteiger partial charge in [0, 0.05) is 18.8 Å². The van der Waals surface area contributed by atoms with Crippen LogP contribution < -0.4 is 10.3 Å². The summed E-state index contributed by atoms with van der Waals surface area (Å²) in [6.45, 7) is 6.27. The highest BCUT2D eigenvalue weighted by Gasteiger charge is 2.02. The molecule has 26 heavy (non-hydrogen) atoms. The molecular formula is C21H27N3OS. The van der Waals surface area contributed by atoms with Crippen molar-refractivity contribution in [2.24, 2.45) is 5.10 Å². The molecule has 0 radical (unpaired) electrons. The van der Waals surface area contributed by atoms with E-state index in [1.54, 1.807) is 18.0 Å². The molecule has 0 saturated carbocycles. The summed E-state index contributed by atoms with van der Waals surface area (Å²) < 4.78 is 0. The summed E-state index contributed by atoms with van der Waals surface area (Å²) in [6, 6.07) is 18.5. The van der Waals surface area contributed by atoms with Crippen molar-refractivity contribution in [3.8, 4) is 0 Å². The number of amides is 1. The zero-order chi connectivity index (χ0) is 18.6. The topological polar surface area (TPSA) is 44.7 Å². The molecule has 0 atom stereocenters. The molecule has 2 rings (SSSR count). The van der Waals surface area contributed by atoms with Gasteiger partial charge in [0.25, 0.3) is 0 Å². The van der Waals surface area contributed by atoms with E-state index in [1.165, 1.54) is 11.3 Å². The highest BCUT2D eigenvalue weighted by atomic mass is 32.2. The summed E-state index contributed by atoms with van der Waals surface area (Å²) in [5, 5.41) is 4.04. The summed E-state index contributed by atoms with van der Waals surface area (Å²) in [6.07, 6.45) is 2.65. The lowest BCUT2D eigenvalue weighted by atomic mass is 10.2. The second kappa shape index (κ2) is 11.4. The summed E-state index contributed by atoms with van der Waals surface area (Å²) in [5.41, 5.74) is 6.06. The van der Waals surface area contributed by atoms with Crippen molar-refractivity contribution in [1.82, 2.24) is 5.43 Å². The quantitative estimate of drug-likeness (QED) is 0.392. The molecule has 0 saturated heterocycles. The number of carbonyl (C=O) groups excluding carboxylic acids is 1. The lowest BCUT2D eigenvalue weighted by Gasteiger charge is -2.20. The first kappa shape index (κ1) is 20.0. The molecule has 0 fully saturated rings. The normalized spacial score (nSPS) is 10.8. The number of nitrogens with zero attached hydrogens (tertiary/aromatic N) is 2. The summed E-state index contributed by atoms with van der Waals surface area (Å²) >= 11 is 1.62. The third kappa shape index (κ3) is 6.92. The van der Waals surface area contributed by atoms with E-state index in [0.717, 1.165) is 30.8 Å². The summed E-state index contributed by atoms with van der Waals surface area (Å²) in [7, 11) is 0. The van der Waals surface area contributed by atoms with Gasteiger partial charge in [-0.1, -0.05) is 42.5 Å². The van der Waals surface area contributed by atoms with E-state index in [4.69, 9.17) is 0 Å². The molecule has 0 aliphatic heterocycles. The van der Waals surface area contributed by atoms with Crippen molar-refractivity contribution >= 4 is 29.6 Å². The minimum atomic E-state index is -0.0703. The first-order valence-corrected chi connectivity index (χ1v) is 10.2. The lowest BCUT2D eigenvalue weighted by Crippen LogP contribution is -2.21. The van der Waals surface area contributed by atoms with Gasteiger partial charge in [0.05, 0.1) is 12.0 Å². The van der Waals surface area contributed by atoms with Crippen LogP contribution in [0.3, 0.4) is 0 Å². The van der Waals surface area contributed by atoms with Crippen molar-refractivity contribution in [3.63, 3.8) is 0 Å². The Labute approximate surface area is 160 Å². The molecule has 0 spiro atoms. The van der Waals surface area contributed by atoms with Gasteiger partial charge in [-0.05, 0) is 49.3 Å². The van der Waals surface area contributed by atoms with E-state index < -0.39 is 0 Å². The maximum absolute atomic E-state index is 11.8. The fourth-order valence-corrected chi connectivity index (χ4v) is 3.34. The van der Waals surface area contributed by atoms with Crippen LogP contribution >= 0.6 is 11.8 Å². The number of hydrazone groups is 1. The van der Waals surface area contributed by atoms with Crippen LogP contribution in [0.5, 0.6) is 0 Å². The smallest absolute Gasteiger partial charge is 0.250 e. The number of carbonyl (C=O) groups is 1. The monoisotopic (exact) mass is 369 g/mol. The Kier molecular flexibility index (Phi) is 8.76. The predicted octanol–water partition coefficient (Wildman–Crippen LogP) is 3.96. The van der Waals surface area contributed by atoms with Gasteiger partial charge in [-0.2, -0.15) is 16.9 Å². The molecule has 1 amide bonds. The molecule has 0 aliphatic carbocycles. The van der Waals surface area contributed by atoms with E-state index in [9.17, 15) is 4.79 Å². The molecule has 5 heteroatoms. The van der Waals surface area contributed by atoms with E-state index >= 15 is 0 Å². The lowest BCUT2D eigenvalue weighted by molar-refractivity contribution is -0.118. The second-order valence-corrected chi connectivity index (χ2v) is 6.95. The van der Waals surface area contributed by atoms with Crippen LogP contribution in [0.4, 0.5) is 5.69 Å². The van der Waals surface area contributed by atoms with Crippen molar-refractivity contribution in [2.75, 3.05) is 29.5 Å².